The van der Waals surface area contributed by atoms with Crippen molar-refractivity contribution in [2.75, 3.05) is 12.0 Å². The molecule has 0 spiro atoms. The summed E-state index contributed by atoms with van der Waals surface area (Å²) >= 11 is 0. The van der Waals surface area contributed by atoms with Gasteiger partial charge in [0.05, 0.1) is 12.1 Å². The standard InChI is InChI=1S/C16H14FN5/c17-13-3-1-12(2-4-13)15-14(11-5-7-18-8-6-11)16-20-19-9-10-22(16)21-15/h1-8,19-20H,9-10H2. The molecule has 0 saturated carbocycles. The largest absolute Gasteiger partial charge is 0.305 e. The summed E-state index contributed by atoms with van der Waals surface area (Å²) in [6.45, 7) is 1.58. The predicted octanol–water partition coefficient (Wildman–Crippen LogP) is 2.68. The van der Waals surface area contributed by atoms with Crippen molar-refractivity contribution in [3.05, 3.63) is 54.6 Å². The van der Waals surface area contributed by atoms with E-state index in [9.17, 15) is 4.39 Å². The molecule has 0 unspecified atom stereocenters. The number of aromatic nitrogens is 3. The van der Waals surface area contributed by atoms with Gasteiger partial charge in [-0.15, -0.1) is 0 Å². The number of hydrazine groups is 1. The average Bonchev–Trinajstić information content (AvgIpc) is 2.96. The van der Waals surface area contributed by atoms with Gasteiger partial charge in [-0.3, -0.25) is 4.98 Å². The third-order valence-electron chi connectivity index (χ3n) is 3.69. The molecule has 2 N–H and O–H groups in total. The van der Waals surface area contributed by atoms with Crippen LogP contribution in [0.2, 0.25) is 0 Å². The molecule has 0 atom stereocenters. The minimum atomic E-state index is -0.252. The Hall–Kier alpha value is -2.73. The van der Waals surface area contributed by atoms with Crippen LogP contribution in [0.1, 0.15) is 0 Å². The van der Waals surface area contributed by atoms with Crippen LogP contribution < -0.4 is 10.9 Å². The number of fused-ring (bicyclic) bond motifs is 1. The lowest BCUT2D eigenvalue weighted by Crippen LogP contribution is -2.33. The van der Waals surface area contributed by atoms with E-state index in [1.807, 2.05) is 16.8 Å². The lowest BCUT2D eigenvalue weighted by molar-refractivity contribution is 0.547. The van der Waals surface area contributed by atoms with Crippen molar-refractivity contribution < 1.29 is 4.39 Å². The summed E-state index contributed by atoms with van der Waals surface area (Å²) in [5.74, 6) is 0.662. The van der Waals surface area contributed by atoms with Gasteiger partial charge in [-0.25, -0.2) is 14.5 Å². The van der Waals surface area contributed by atoms with Crippen LogP contribution in [0, 0.1) is 5.82 Å². The molecule has 1 aliphatic heterocycles. The van der Waals surface area contributed by atoms with E-state index in [-0.39, 0.29) is 5.82 Å². The molecule has 0 saturated heterocycles. The van der Waals surface area contributed by atoms with Gasteiger partial charge in [-0.2, -0.15) is 5.10 Å². The molecule has 22 heavy (non-hydrogen) atoms. The third-order valence-corrected chi connectivity index (χ3v) is 3.69. The first-order valence-electron chi connectivity index (χ1n) is 7.09. The van der Waals surface area contributed by atoms with Crippen molar-refractivity contribution in [3.8, 4) is 22.4 Å². The molecular weight excluding hydrogens is 281 g/mol. The summed E-state index contributed by atoms with van der Waals surface area (Å²) in [5.41, 5.74) is 10.1. The number of hydrogen-bond acceptors (Lipinski definition) is 4. The number of halogens is 1. The minimum Gasteiger partial charge on any atom is -0.305 e. The van der Waals surface area contributed by atoms with Gasteiger partial charge in [0.1, 0.15) is 17.3 Å². The molecule has 0 bridgehead atoms. The number of anilines is 1. The maximum absolute atomic E-state index is 13.2. The Morgan fingerprint density at radius 3 is 2.55 bits per heavy atom. The van der Waals surface area contributed by atoms with E-state index < -0.39 is 0 Å². The Morgan fingerprint density at radius 2 is 1.77 bits per heavy atom. The van der Waals surface area contributed by atoms with Gasteiger partial charge in [0.15, 0.2) is 0 Å². The second-order valence-corrected chi connectivity index (χ2v) is 5.09. The van der Waals surface area contributed by atoms with Crippen molar-refractivity contribution >= 4 is 5.82 Å². The second kappa shape index (κ2) is 5.23. The predicted molar refractivity (Wildman–Crippen MR) is 82.5 cm³/mol. The van der Waals surface area contributed by atoms with Crippen LogP contribution in [0.15, 0.2) is 48.8 Å². The van der Waals surface area contributed by atoms with Crippen LogP contribution in [-0.2, 0) is 6.54 Å². The fourth-order valence-electron chi connectivity index (χ4n) is 2.66. The molecule has 6 heteroatoms. The summed E-state index contributed by atoms with van der Waals surface area (Å²) in [4.78, 5) is 4.07. The minimum absolute atomic E-state index is 0.252. The Kier molecular flexibility index (Phi) is 3.08. The van der Waals surface area contributed by atoms with E-state index >= 15 is 0 Å². The molecule has 4 rings (SSSR count). The van der Waals surface area contributed by atoms with Gasteiger partial charge in [0.2, 0.25) is 0 Å². The zero-order valence-corrected chi connectivity index (χ0v) is 11.8. The van der Waals surface area contributed by atoms with Crippen LogP contribution in [0.4, 0.5) is 10.2 Å². The van der Waals surface area contributed by atoms with Crippen LogP contribution in [0.25, 0.3) is 22.4 Å². The number of nitrogens with one attached hydrogen (secondary N) is 2. The molecule has 0 radical (unpaired) electrons. The first-order valence-corrected chi connectivity index (χ1v) is 7.09. The van der Waals surface area contributed by atoms with Gasteiger partial charge >= 0.3 is 0 Å². The fourth-order valence-corrected chi connectivity index (χ4v) is 2.66. The zero-order valence-electron chi connectivity index (χ0n) is 11.8. The summed E-state index contributed by atoms with van der Waals surface area (Å²) in [7, 11) is 0. The van der Waals surface area contributed by atoms with Gasteiger partial charge in [-0.1, -0.05) is 0 Å². The molecule has 110 valence electrons. The van der Waals surface area contributed by atoms with E-state index in [4.69, 9.17) is 5.10 Å². The topological polar surface area (TPSA) is 54.8 Å². The van der Waals surface area contributed by atoms with E-state index in [1.54, 1.807) is 24.5 Å². The Morgan fingerprint density at radius 1 is 1.00 bits per heavy atom. The summed E-state index contributed by atoms with van der Waals surface area (Å²) in [6, 6.07) is 10.3. The highest BCUT2D eigenvalue weighted by Gasteiger charge is 2.22. The first kappa shape index (κ1) is 13.0. The van der Waals surface area contributed by atoms with Crippen LogP contribution in [0.3, 0.4) is 0 Å². The van der Waals surface area contributed by atoms with Crippen LogP contribution in [0.5, 0.6) is 0 Å². The molecule has 5 nitrogen and oxygen atoms in total. The van der Waals surface area contributed by atoms with Crippen molar-refractivity contribution in [2.45, 2.75) is 6.54 Å². The molecule has 3 aromatic rings. The maximum Gasteiger partial charge on any atom is 0.147 e. The second-order valence-electron chi connectivity index (χ2n) is 5.09. The molecule has 0 fully saturated rings. The normalized spacial score (nSPS) is 13.5. The third kappa shape index (κ3) is 2.14. The molecule has 1 aliphatic rings. The number of benzene rings is 1. The first-order chi connectivity index (χ1) is 10.8. The summed E-state index contributed by atoms with van der Waals surface area (Å²) < 4.78 is 15.1. The van der Waals surface area contributed by atoms with Gasteiger partial charge in [-0.05, 0) is 42.0 Å². The fraction of sp³-hybridized carbons (Fsp3) is 0.125. The van der Waals surface area contributed by atoms with E-state index in [2.05, 4.69) is 15.8 Å². The molecule has 0 aliphatic carbocycles. The summed E-state index contributed by atoms with van der Waals surface area (Å²) in [6.07, 6.45) is 3.51. The van der Waals surface area contributed by atoms with Gasteiger partial charge in [0.25, 0.3) is 0 Å². The lowest BCUT2D eigenvalue weighted by Gasteiger charge is -2.18. The van der Waals surface area contributed by atoms with Gasteiger partial charge in [0, 0.05) is 24.5 Å². The van der Waals surface area contributed by atoms with Gasteiger partial charge < -0.3 is 5.43 Å². The Bertz CT molecular complexity index is 795. The van der Waals surface area contributed by atoms with Crippen molar-refractivity contribution in [3.63, 3.8) is 0 Å². The van der Waals surface area contributed by atoms with E-state index in [1.165, 1.54) is 12.1 Å². The maximum atomic E-state index is 13.2. The number of pyridine rings is 1. The van der Waals surface area contributed by atoms with E-state index in [0.29, 0.717) is 0 Å². The summed E-state index contributed by atoms with van der Waals surface area (Å²) in [5, 5.41) is 4.70. The van der Waals surface area contributed by atoms with Crippen molar-refractivity contribution in [1.29, 1.82) is 0 Å². The highest BCUT2D eigenvalue weighted by atomic mass is 19.1. The number of hydrogen-bond donors (Lipinski definition) is 2. The molecule has 0 amide bonds. The highest BCUT2D eigenvalue weighted by Crippen LogP contribution is 2.37. The lowest BCUT2D eigenvalue weighted by atomic mass is 10.0. The Labute approximate surface area is 126 Å². The van der Waals surface area contributed by atoms with Crippen molar-refractivity contribution in [1.82, 2.24) is 20.2 Å². The van der Waals surface area contributed by atoms with E-state index in [0.717, 1.165) is 41.3 Å². The van der Waals surface area contributed by atoms with Crippen molar-refractivity contribution in [2.24, 2.45) is 0 Å². The molecule has 2 aromatic heterocycles. The smallest absolute Gasteiger partial charge is 0.147 e. The molecule has 1 aromatic carbocycles. The number of rotatable bonds is 2. The molecule has 3 heterocycles. The van der Waals surface area contributed by atoms with Crippen LogP contribution in [-0.4, -0.2) is 21.3 Å². The monoisotopic (exact) mass is 295 g/mol. The average molecular weight is 295 g/mol. The number of nitrogens with zero attached hydrogens (tertiary/aromatic N) is 3. The highest BCUT2D eigenvalue weighted by molar-refractivity contribution is 5.88. The zero-order chi connectivity index (χ0) is 14.9. The molecular formula is C16H14FN5. The Balaban J connectivity index is 1.94. The quantitative estimate of drug-likeness (QED) is 0.763. The van der Waals surface area contributed by atoms with Crippen LogP contribution >= 0.6 is 0 Å². The SMILES string of the molecule is Fc1ccc(-c2nn3c(c2-c2ccncc2)NNCC3)cc1.